The zero-order chi connectivity index (χ0) is 17.1. The summed E-state index contributed by atoms with van der Waals surface area (Å²) in [5.41, 5.74) is -0.00576. The third-order valence-electron chi connectivity index (χ3n) is 4.44. The number of hydrogen-bond donors (Lipinski definition) is 2. The third kappa shape index (κ3) is 3.10. The standard InChI is InChI=1S/C16H20N4O4/c1-18-13-5-3-2-4-12(13)14(15(16(18)21)20(22)23)17-6-7-19-8-10-24-11-9-19/h2-5,17H,6-11H2,1H3/p+1. The Kier molecular flexibility index (Phi) is 4.77. The Labute approximate surface area is 138 Å². The molecule has 1 aromatic heterocycles. The number of ether oxygens (including phenoxy) is 1. The lowest BCUT2D eigenvalue weighted by Crippen LogP contribution is -3.14. The highest BCUT2D eigenvalue weighted by Crippen LogP contribution is 2.29. The number of fused-ring (bicyclic) bond motifs is 1. The van der Waals surface area contributed by atoms with Crippen LogP contribution in [-0.2, 0) is 11.8 Å². The average molecular weight is 333 g/mol. The van der Waals surface area contributed by atoms with E-state index in [2.05, 4.69) is 5.32 Å². The monoisotopic (exact) mass is 333 g/mol. The molecule has 0 aliphatic carbocycles. The highest BCUT2D eigenvalue weighted by atomic mass is 16.6. The summed E-state index contributed by atoms with van der Waals surface area (Å²) in [5.74, 6) is 0. The quantitative estimate of drug-likeness (QED) is 0.583. The average Bonchev–Trinajstić information content (AvgIpc) is 2.60. The zero-order valence-electron chi connectivity index (χ0n) is 13.6. The minimum atomic E-state index is -0.599. The van der Waals surface area contributed by atoms with Gasteiger partial charge in [0.15, 0.2) is 0 Å². The number of quaternary nitrogens is 1. The molecule has 2 heterocycles. The minimum Gasteiger partial charge on any atom is -0.373 e. The van der Waals surface area contributed by atoms with Gasteiger partial charge in [-0.3, -0.25) is 14.9 Å². The van der Waals surface area contributed by atoms with Crippen molar-refractivity contribution in [1.82, 2.24) is 4.57 Å². The topological polar surface area (TPSA) is 90.8 Å². The minimum absolute atomic E-state index is 0.311. The smallest absolute Gasteiger partial charge is 0.357 e. The van der Waals surface area contributed by atoms with Crippen LogP contribution in [0.2, 0.25) is 0 Å². The maximum Gasteiger partial charge on any atom is 0.357 e. The second-order valence-electron chi connectivity index (χ2n) is 5.90. The first kappa shape index (κ1) is 16.4. The molecular formula is C16H21N4O4+. The van der Waals surface area contributed by atoms with Crippen molar-refractivity contribution < 1.29 is 14.6 Å². The molecule has 2 aromatic rings. The lowest BCUT2D eigenvalue weighted by atomic mass is 10.1. The van der Waals surface area contributed by atoms with Gasteiger partial charge < -0.3 is 19.5 Å². The molecule has 24 heavy (non-hydrogen) atoms. The van der Waals surface area contributed by atoms with E-state index in [9.17, 15) is 14.9 Å². The number of benzene rings is 1. The molecule has 1 aliphatic rings. The molecule has 0 unspecified atom stereocenters. The van der Waals surface area contributed by atoms with Crippen molar-refractivity contribution in [3.63, 3.8) is 0 Å². The maximum absolute atomic E-state index is 12.4. The van der Waals surface area contributed by atoms with E-state index >= 15 is 0 Å². The number of aryl methyl sites for hydroxylation is 1. The summed E-state index contributed by atoms with van der Waals surface area (Å²) in [6.07, 6.45) is 0. The summed E-state index contributed by atoms with van der Waals surface area (Å²) >= 11 is 0. The van der Waals surface area contributed by atoms with Gasteiger partial charge in [0.2, 0.25) is 0 Å². The van der Waals surface area contributed by atoms with Crippen molar-refractivity contribution in [2.45, 2.75) is 0 Å². The van der Waals surface area contributed by atoms with Gasteiger partial charge in [-0.05, 0) is 6.07 Å². The second kappa shape index (κ2) is 6.98. The number of rotatable bonds is 5. The first-order valence-corrected chi connectivity index (χ1v) is 8.01. The Morgan fingerprint density at radius 2 is 2.04 bits per heavy atom. The fourth-order valence-corrected chi connectivity index (χ4v) is 3.10. The van der Waals surface area contributed by atoms with Gasteiger partial charge in [0.05, 0.1) is 36.7 Å². The van der Waals surface area contributed by atoms with E-state index in [1.807, 2.05) is 12.1 Å². The number of morpholine rings is 1. The van der Waals surface area contributed by atoms with Crippen LogP contribution in [0.25, 0.3) is 10.9 Å². The second-order valence-corrected chi connectivity index (χ2v) is 5.90. The van der Waals surface area contributed by atoms with Crippen molar-refractivity contribution in [2.75, 3.05) is 44.7 Å². The molecular weight excluding hydrogens is 312 g/mol. The first-order valence-electron chi connectivity index (χ1n) is 8.01. The number of anilines is 1. The van der Waals surface area contributed by atoms with Crippen LogP contribution in [0.5, 0.6) is 0 Å². The van der Waals surface area contributed by atoms with Crippen LogP contribution in [0.15, 0.2) is 29.1 Å². The largest absolute Gasteiger partial charge is 0.373 e. The number of para-hydroxylation sites is 1. The number of hydrogen-bond acceptors (Lipinski definition) is 5. The summed E-state index contributed by atoms with van der Waals surface area (Å²) < 4.78 is 6.65. The van der Waals surface area contributed by atoms with Crippen LogP contribution in [-0.4, -0.2) is 48.9 Å². The molecule has 1 aliphatic heterocycles. The van der Waals surface area contributed by atoms with Gasteiger partial charge >= 0.3 is 11.2 Å². The van der Waals surface area contributed by atoms with Gasteiger partial charge in [0.25, 0.3) is 0 Å². The van der Waals surface area contributed by atoms with E-state index < -0.39 is 16.2 Å². The summed E-state index contributed by atoms with van der Waals surface area (Å²) in [6, 6.07) is 7.22. The fourth-order valence-electron chi connectivity index (χ4n) is 3.10. The highest BCUT2D eigenvalue weighted by Gasteiger charge is 2.24. The molecule has 2 N–H and O–H groups in total. The molecule has 1 fully saturated rings. The number of pyridine rings is 1. The van der Waals surface area contributed by atoms with Crippen LogP contribution < -0.4 is 15.8 Å². The number of aromatic nitrogens is 1. The Hall–Kier alpha value is -2.45. The number of nitrogens with zero attached hydrogens (tertiary/aromatic N) is 2. The van der Waals surface area contributed by atoms with E-state index in [0.29, 0.717) is 23.1 Å². The fraction of sp³-hybridized carbons (Fsp3) is 0.438. The first-order chi connectivity index (χ1) is 11.6. The van der Waals surface area contributed by atoms with Crippen LogP contribution in [0.3, 0.4) is 0 Å². The van der Waals surface area contributed by atoms with Crippen molar-refractivity contribution in [1.29, 1.82) is 0 Å². The van der Waals surface area contributed by atoms with E-state index in [1.54, 1.807) is 19.2 Å². The molecule has 0 atom stereocenters. The van der Waals surface area contributed by atoms with Crippen molar-refractivity contribution in [3.05, 3.63) is 44.7 Å². The molecule has 3 rings (SSSR count). The van der Waals surface area contributed by atoms with E-state index in [-0.39, 0.29) is 0 Å². The Morgan fingerprint density at radius 3 is 2.75 bits per heavy atom. The number of nitro groups is 1. The van der Waals surface area contributed by atoms with Crippen LogP contribution in [0.4, 0.5) is 11.4 Å². The van der Waals surface area contributed by atoms with Crippen LogP contribution in [0.1, 0.15) is 0 Å². The highest BCUT2D eigenvalue weighted by molar-refractivity contribution is 5.96. The molecule has 1 aromatic carbocycles. The van der Waals surface area contributed by atoms with Crippen molar-refractivity contribution in [3.8, 4) is 0 Å². The predicted octanol–water partition coefficient (Wildman–Crippen LogP) is -0.226. The SMILES string of the molecule is Cn1c(=O)c([N+](=O)[O-])c(NCC[NH+]2CCOCC2)c2ccccc21. The molecule has 0 spiro atoms. The third-order valence-corrected chi connectivity index (χ3v) is 4.44. The van der Waals surface area contributed by atoms with Gasteiger partial charge in [-0.2, -0.15) is 0 Å². The van der Waals surface area contributed by atoms with Crippen LogP contribution >= 0.6 is 0 Å². The molecule has 128 valence electrons. The van der Waals surface area contributed by atoms with E-state index in [4.69, 9.17) is 4.74 Å². The number of nitrogens with one attached hydrogen (secondary N) is 2. The molecule has 0 bridgehead atoms. The van der Waals surface area contributed by atoms with Gasteiger partial charge in [-0.15, -0.1) is 0 Å². The lowest BCUT2D eigenvalue weighted by molar-refractivity contribution is -0.906. The summed E-state index contributed by atoms with van der Waals surface area (Å²) in [5, 5.41) is 15.3. The Balaban J connectivity index is 1.93. The summed E-state index contributed by atoms with van der Waals surface area (Å²) in [7, 11) is 1.55. The Bertz CT molecular complexity index is 812. The van der Waals surface area contributed by atoms with Gasteiger partial charge in [0.1, 0.15) is 18.8 Å². The van der Waals surface area contributed by atoms with E-state index in [0.717, 1.165) is 32.8 Å². The molecule has 8 nitrogen and oxygen atoms in total. The molecule has 8 heteroatoms. The zero-order valence-corrected chi connectivity index (χ0v) is 13.6. The van der Waals surface area contributed by atoms with Gasteiger partial charge in [0, 0.05) is 12.4 Å². The van der Waals surface area contributed by atoms with Gasteiger partial charge in [-0.25, -0.2) is 0 Å². The summed E-state index contributed by atoms with van der Waals surface area (Å²) in [4.78, 5) is 24.6. The predicted molar refractivity (Wildman–Crippen MR) is 90.7 cm³/mol. The molecule has 0 amide bonds. The normalized spacial score (nSPS) is 15.5. The Morgan fingerprint density at radius 1 is 1.33 bits per heavy atom. The molecule has 0 radical (unpaired) electrons. The van der Waals surface area contributed by atoms with E-state index in [1.165, 1.54) is 9.47 Å². The van der Waals surface area contributed by atoms with Crippen molar-refractivity contribution in [2.24, 2.45) is 7.05 Å². The van der Waals surface area contributed by atoms with Gasteiger partial charge in [-0.1, -0.05) is 18.2 Å². The lowest BCUT2D eigenvalue weighted by Gasteiger charge is -2.24. The summed E-state index contributed by atoms with van der Waals surface area (Å²) in [6.45, 7) is 4.73. The van der Waals surface area contributed by atoms with Crippen molar-refractivity contribution >= 4 is 22.3 Å². The molecule has 1 saturated heterocycles. The van der Waals surface area contributed by atoms with Crippen LogP contribution in [0, 0.1) is 10.1 Å². The maximum atomic E-state index is 12.4. The molecule has 0 saturated carbocycles.